The van der Waals surface area contributed by atoms with Crippen LogP contribution in [0.3, 0.4) is 0 Å². The second-order valence-corrected chi connectivity index (χ2v) is 6.80. The van der Waals surface area contributed by atoms with Gasteiger partial charge in [-0.3, -0.25) is 9.89 Å². The number of nitrogens with zero attached hydrogens (tertiary/aromatic N) is 2. The molecule has 2 rings (SSSR count). The number of carbonyl (C=O) groups is 1. The molecule has 118 valence electrons. The fraction of sp³-hybridized carbons (Fsp3) is 0.667. The van der Waals surface area contributed by atoms with E-state index < -0.39 is 10.2 Å². The topological polar surface area (TPSA) is 104 Å². The predicted octanol–water partition coefficient (Wildman–Crippen LogP) is -0.0625. The molecule has 9 heteroatoms. The summed E-state index contributed by atoms with van der Waals surface area (Å²) in [6.07, 6.45) is 2.57. The smallest absolute Gasteiger partial charge is 0.308 e. The summed E-state index contributed by atoms with van der Waals surface area (Å²) >= 11 is 0. The van der Waals surface area contributed by atoms with Gasteiger partial charge >= 0.3 is 5.97 Å². The van der Waals surface area contributed by atoms with Crippen molar-refractivity contribution in [2.24, 2.45) is 5.92 Å². The molecule has 0 radical (unpaired) electrons. The number of esters is 1. The van der Waals surface area contributed by atoms with Crippen molar-refractivity contribution in [1.29, 1.82) is 0 Å². The lowest BCUT2D eigenvalue weighted by atomic mass is 9.99. The minimum atomic E-state index is -3.54. The van der Waals surface area contributed by atoms with Gasteiger partial charge in [0, 0.05) is 30.9 Å². The third kappa shape index (κ3) is 3.80. The van der Waals surface area contributed by atoms with E-state index in [1.807, 2.05) is 6.92 Å². The summed E-state index contributed by atoms with van der Waals surface area (Å²) in [6.45, 7) is 2.67. The molecular weight excluding hydrogens is 296 g/mol. The molecule has 1 aromatic rings. The maximum atomic E-state index is 12.2. The Balaban J connectivity index is 1.89. The van der Waals surface area contributed by atoms with Gasteiger partial charge in [0.2, 0.25) is 0 Å². The molecule has 21 heavy (non-hydrogen) atoms. The Kier molecular flexibility index (Phi) is 4.96. The van der Waals surface area contributed by atoms with Gasteiger partial charge in [-0.25, -0.2) is 0 Å². The van der Waals surface area contributed by atoms with Gasteiger partial charge < -0.3 is 4.74 Å². The zero-order valence-corrected chi connectivity index (χ0v) is 12.9. The van der Waals surface area contributed by atoms with Gasteiger partial charge in [-0.15, -0.1) is 0 Å². The Hall–Kier alpha value is -1.45. The van der Waals surface area contributed by atoms with Crippen molar-refractivity contribution in [2.75, 3.05) is 20.2 Å². The highest BCUT2D eigenvalue weighted by atomic mass is 32.2. The van der Waals surface area contributed by atoms with Gasteiger partial charge in [0.15, 0.2) is 0 Å². The van der Waals surface area contributed by atoms with Crippen molar-refractivity contribution in [3.63, 3.8) is 0 Å². The molecule has 1 saturated heterocycles. The van der Waals surface area contributed by atoms with Crippen LogP contribution in [0.1, 0.15) is 24.1 Å². The predicted molar refractivity (Wildman–Crippen MR) is 75.4 cm³/mol. The first kappa shape index (κ1) is 15.9. The van der Waals surface area contributed by atoms with E-state index in [-0.39, 0.29) is 18.4 Å². The average Bonchev–Trinajstić information content (AvgIpc) is 2.90. The standard InChI is InChI=1S/C12H20N4O4S/c1-9-11(7-13-15-9)8-14-21(18,19)16-5-3-10(4-6-16)12(17)20-2/h7,10,14H,3-6,8H2,1-2H3,(H,13,15). The van der Waals surface area contributed by atoms with Crippen molar-refractivity contribution < 1.29 is 17.9 Å². The third-order valence-electron chi connectivity index (χ3n) is 3.71. The Bertz CT molecular complexity index is 590. The molecule has 1 aromatic heterocycles. The highest BCUT2D eigenvalue weighted by Crippen LogP contribution is 2.20. The SMILES string of the molecule is COC(=O)C1CCN(S(=O)(=O)NCc2cn[nH]c2C)CC1. The highest BCUT2D eigenvalue weighted by Gasteiger charge is 2.31. The summed E-state index contributed by atoms with van der Waals surface area (Å²) in [7, 11) is -2.20. The molecule has 2 N–H and O–H groups in total. The summed E-state index contributed by atoms with van der Waals surface area (Å²) in [5, 5.41) is 6.61. The van der Waals surface area contributed by atoms with Gasteiger partial charge in [-0.2, -0.15) is 22.5 Å². The molecule has 0 atom stereocenters. The Morgan fingerprint density at radius 1 is 1.52 bits per heavy atom. The summed E-state index contributed by atoms with van der Waals surface area (Å²) in [5.74, 6) is -0.480. The Morgan fingerprint density at radius 2 is 2.19 bits per heavy atom. The number of aromatic nitrogens is 2. The lowest BCUT2D eigenvalue weighted by Crippen LogP contribution is -2.45. The van der Waals surface area contributed by atoms with Crippen molar-refractivity contribution in [2.45, 2.75) is 26.3 Å². The second-order valence-electron chi connectivity index (χ2n) is 5.04. The number of nitrogens with one attached hydrogen (secondary N) is 2. The van der Waals surface area contributed by atoms with Crippen LogP contribution < -0.4 is 4.72 Å². The second kappa shape index (κ2) is 6.54. The molecule has 0 aromatic carbocycles. The van der Waals surface area contributed by atoms with E-state index in [0.29, 0.717) is 25.9 Å². The molecule has 2 heterocycles. The van der Waals surface area contributed by atoms with Crippen LogP contribution in [0.2, 0.25) is 0 Å². The van der Waals surface area contributed by atoms with Crippen LogP contribution in [-0.4, -0.2) is 49.1 Å². The Morgan fingerprint density at radius 3 is 2.71 bits per heavy atom. The normalized spacial score (nSPS) is 17.8. The molecular formula is C12H20N4O4S. The molecule has 8 nitrogen and oxygen atoms in total. The van der Waals surface area contributed by atoms with Crippen LogP contribution in [0.15, 0.2) is 6.20 Å². The number of hydrogen-bond acceptors (Lipinski definition) is 5. The lowest BCUT2D eigenvalue weighted by Gasteiger charge is -2.29. The first-order valence-electron chi connectivity index (χ1n) is 6.75. The summed E-state index contributed by atoms with van der Waals surface area (Å²) in [5.41, 5.74) is 1.64. The highest BCUT2D eigenvalue weighted by molar-refractivity contribution is 7.87. The first-order chi connectivity index (χ1) is 9.94. The fourth-order valence-electron chi connectivity index (χ4n) is 2.31. The van der Waals surface area contributed by atoms with E-state index in [1.54, 1.807) is 6.20 Å². The maximum Gasteiger partial charge on any atom is 0.308 e. The first-order valence-corrected chi connectivity index (χ1v) is 8.19. The lowest BCUT2D eigenvalue weighted by molar-refractivity contribution is -0.146. The van der Waals surface area contributed by atoms with Crippen LogP contribution in [0.4, 0.5) is 0 Å². The van der Waals surface area contributed by atoms with E-state index in [0.717, 1.165) is 11.3 Å². The van der Waals surface area contributed by atoms with E-state index in [2.05, 4.69) is 19.7 Å². The van der Waals surface area contributed by atoms with Crippen LogP contribution in [0, 0.1) is 12.8 Å². The zero-order chi connectivity index (χ0) is 15.5. The van der Waals surface area contributed by atoms with Gasteiger partial charge in [-0.05, 0) is 19.8 Å². The molecule has 0 saturated carbocycles. The van der Waals surface area contributed by atoms with Gasteiger partial charge in [0.1, 0.15) is 0 Å². The number of H-pyrrole nitrogens is 1. The average molecular weight is 316 g/mol. The van der Waals surface area contributed by atoms with Crippen molar-refractivity contribution in [3.05, 3.63) is 17.5 Å². The quantitative estimate of drug-likeness (QED) is 0.740. The summed E-state index contributed by atoms with van der Waals surface area (Å²) in [4.78, 5) is 11.4. The van der Waals surface area contributed by atoms with Crippen molar-refractivity contribution >= 4 is 16.2 Å². The number of piperidine rings is 1. The number of carbonyl (C=O) groups excluding carboxylic acids is 1. The molecule has 0 unspecified atom stereocenters. The fourth-order valence-corrected chi connectivity index (χ4v) is 3.52. The van der Waals surface area contributed by atoms with Crippen LogP contribution in [0.5, 0.6) is 0 Å². The number of methoxy groups -OCH3 is 1. The molecule has 0 bridgehead atoms. The van der Waals surface area contributed by atoms with Gasteiger partial charge in [0.05, 0.1) is 19.2 Å². The summed E-state index contributed by atoms with van der Waals surface area (Å²) in [6, 6.07) is 0. The number of aromatic amines is 1. The largest absolute Gasteiger partial charge is 0.469 e. The van der Waals surface area contributed by atoms with Crippen molar-refractivity contribution in [3.8, 4) is 0 Å². The molecule has 0 aliphatic carbocycles. The van der Waals surface area contributed by atoms with E-state index >= 15 is 0 Å². The Labute approximate surface area is 124 Å². The van der Waals surface area contributed by atoms with E-state index in [9.17, 15) is 13.2 Å². The molecule has 1 aliphatic heterocycles. The maximum absolute atomic E-state index is 12.2. The van der Waals surface area contributed by atoms with E-state index in [1.165, 1.54) is 11.4 Å². The van der Waals surface area contributed by atoms with Crippen molar-refractivity contribution in [1.82, 2.24) is 19.2 Å². The zero-order valence-electron chi connectivity index (χ0n) is 12.1. The molecule has 1 aliphatic rings. The van der Waals surface area contributed by atoms with Crippen LogP contribution in [-0.2, 0) is 26.3 Å². The van der Waals surface area contributed by atoms with Gasteiger partial charge in [0.25, 0.3) is 10.2 Å². The molecule has 0 amide bonds. The number of rotatable bonds is 5. The van der Waals surface area contributed by atoms with Crippen LogP contribution >= 0.6 is 0 Å². The minimum Gasteiger partial charge on any atom is -0.469 e. The number of ether oxygens (including phenoxy) is 1. The molecule has 0 spiro atoms. The van der Waals surface area contributed by atoms with Gasteiger partial charge in [-0.1, -0.05) is 0 Å². The minimum absolute atomic E-state index is 0.196. The summed E-state index contributed by atoms with van der Waals surface area (Å²) < 4.78 is 33.0. The number of hydrogen-bond donors (Lipinski definition) is 2. The number of aryl methyl sites for hydroxylation is 1. The van der Waals surface area contributed by atoms with Crippen LogP contribution in [0.25, 0.3) is 0 Å². The monoisotopic (exact) mass is 316 g/mol. The van der Waals surface area contributed by atoms with E-state index in [4.69, 9.17) is 0 Å². The molecule has 1 fully saturated rings. The third-order valence-corrected chi connectivity index (χ3v) is 5.26.